The summed E-state index contributed by atoms with van der Waals surface area (Å²) in [5.41, 5.74) is 2.14. The van der Waals surface area contributed by atoms with E-state index in [1.807, 2.05) is 11.8 Å². The molecule has 9 heteroatoms. The van der Waals surface area contributed by atoms with Crippen molar-refractivity contribution in [3.8, 4) is 0 Å². The number of halogens is 2. The van der Waals surface area contributed by atoms with E-state index in [1.54, 1.807) is 12.1 Å². The number of rotatable bonds is 4. The van der Waals surface area contributed by atoms with Gasteiger partial charge in [-0.05, 0) is 37.3 Å². The highest BCUT2D eigenvalue weighted by Gasteiger charge is 2.17. The molecule has 0 aliphatic carbocycles. The van der Waals surface area contributed by atoms with Gasteiger partial charge in [0.2, 0.25) is 0 Å². The number of amides is 1. The fraction of sp³-hybridized carbons (Fsp3) is 0.0833. The number of nitrogens with one attached hydrogen (secondary N) is 2. The largest absolute Gasteiger partial charge is 0.276 e. The van der Waals surface area contributed by atoms with E-state index in [0.717, 1.165) is 4.88 Å². The van der Waals surface area contributed by atoms with Crippen LogP contribution in [0.15, 0.2) is 35.2 Å². The van der Waals surface area contributed by atoms with Crippen LogP contribution in [0.2, 0.25) is 10.0 Å². The number of carbonyl (C=O) groups is 1. The zero-order valence-electron chi connectivity index (χ0n) is 10.7. The van der Waals surface area contributed by atoms with Gasteiger partial charge in [0, 0.05) is 14.9 Å². The van der Waals surface area contributed by atoms with E-state index in [2.05, 4.69) is 5.43 Å². The normalized spacial score (nSPS) is 11.4. The summed E-state index contributed by atoms with van der Waals surface area (Å²) in [6, 6.07) is 7.26. The quantitative estimate of drug-likeness (QED) is 0.818. The lowest BCUT2D eigenvalue weighted by atomic mass is 10.4. The summed E-state index contributed by atoms with van der Waals surface area (Å²) in [7, 11) is -3.95. The highest BCUT2D eigenvalue weighted by atomic mass is 35.5. The van der Waals surface area contributed by atoms with Crippen molar-refractivity contribution in [1.29, 1.82) is 0 Å². The topological polar surface area (TPSA) is 75.3 Å². The number of thiophene rings is 1. The molecule has 112 valence electrons. The average molecular weight is 365 g/mol. The van der Waals surface area contributed by atoms with Gasteiger partial charge in [-0.3, -0.25) is 10.2 Å². The van der Waals surface area contributed by atoms with Gasteiger partial charge in [-0.25, -0.2) is 8.42 Å². The molecule has 0 aliphatic heterocycles. The molecule has 2 rings (SSSR count). The molecule has 0 saturated carbocycles. The molecule has 0 spiro atoms. The van der Waals surface area contributed by atoms with Gasteiger partial charge in [0.05, 0.1) is 9.77 Å². The molecular formula is C12H10Cl2N2O3S2. The van der Waals surface area contributed by atoms with Crippen molar-refractivity contribution in [2.75, 3.05) is 0 Å². The van der Waals surface area contributed by atoms with Crippen molar-refractivity contribution >= 4 is 50.5 Å². The molecule has 1 aromatic carbocycles. The first-order chi connectivity index (χ1) is 9.78. The Bertz CT molecular complexity index is 767. The van der Waals surface area contributed by atoms with Crippen LogP contribution in [0.5, 0.6) is 0 Å². The summed E-state index contributed by atoms with van der Waals surface area (Å²) in [5, 5.41) is 0.367. The van der Waals surface area contributed by atoms with Crippen LogP contribution in [0.25, 0.3) is 0 Å². The lowest BCUT2D eigenvalue weighted by Gasteiger charge is -2.08. The fourth-order valence-corrected chi connectivity index (χ4v) is 3.80. The van der Waals surface area contributed by atoms with Crippen molar-refractivity contribution < 1.29 is 13.2 Å². The molecule has 21 heavy (non-hydrogen) atoms. The lowest BCUT2D eigenvalue weighted by Crippen LogP contribution is -2.41. The van der Waals surface area contributed by atoms with Crippen LogP contribution in [0.3, 0.4) is 0 Å². The number of sulfonamides is 1. The fourth-order valence-electron chi connectivity index (χ4n) is 1.47. The number of hydrogen-bond donors (Lipinski definition) is 2. The summed E-state index contributed by atoms with van der Waals surface area (Å²) in [4.78, 5) is 15.0. The van der Waals surface area contributed by atoms with E-state index in [0.29, 0.717) is 4.88 Å². The number of aryl methyl sites for hydroxylation is 1. The second-order valence-electron chi connectivity index (χ2n) is 4.08. The Morgan fingerprint density at radius 3 is 2.29 bits per heavy atom. The van der Waals surface area contributed by atoms with Crippen LogP contribution in [0.1, 0.15) is 14.5 Å². The molecule has 0 aliphatic rings. The van der Waals surface area contributed by atoms with Crippen LogP contribution in [0, 0.1) is 6.92 Å². The minimum absolute atomic E-state index is 0.136. The Hall–Kier alpha value is -1.12. The summed E-state index contributed by atoms with van der Waals surface area (Å²) in [6.07, 6.45) is 0. The third-order valence-corrected chi connectivity index (χ3v) is 5.07. The summed E-state index contributed by atoms with van der Waals surface area (Å²) in [5.74, 6) is -0.537. The van der Waals surface area contributed by atoms with E-state index < -0.39 is 15.9 Å². The van der Waals surface area contributed by atoms with Crippen LogP contribution < -0.4 is 10.3 Å². The number of hydrogen-bond acceptors (Lipinski definition) is 4. The molecule has 0 saturated heterocycles. The lowest BCUT2D eigenvalue weighted by molar-refractivity contribution is 0.0949. The molecule has 1 heterocycles. The summed E-state index contributed by atoms with van der Waals surface area (Å²) in [6.45, 7) is 1.85. The van der Waals surface area contributed by atoms with Gasteiger partial charge >= 0.3 is 0 Å². The molecule has 0 atom stereocenters. The molecule has 5 nitrogen and oxygen atoms in total. The predicted octanol–water partition coefficient (Wildman–Crippen LogP) is 2.99. The van der Waals surface area contributed by atoms with Crippen molar-refractivity contribution in [3.63, 3.8) is 0 Å². The smallest absolute Gasteiger partial charge is 0.273 e. The standard InChI is InChI=1S/C12H10Cl2N2O3S2/c1-7-2-3-11(20-7)12(17)15-16-21(18,19)10-5-8(13)4-9(14)6-10/h2-6,16H,1H3,(H,15,17). The Morgan fingerprint density at radius 2 is 1.76 bits per heavy atom. The van der Waals surface area contributed by atoms with Crippen molar-refractivity contribution in [3.05, 3.63) is 50.1 Å². The number of benzene rings is 1. The van der Waals surface area contributed by atoms with E-state index in [1.165, 1.54) is 29.5 Å². The van der Waals surface area contributed by atoms with Gasteiger partial charge in [0.1, 0.15) is 0 Å². The molecule has 0 bridgehead atoms. The second kappa shape index (κ2) is 6.33. The van der Waals surface area contributed by atoms with E-state index >= 15 is 0 Å². The van der Waals surface area contributed by atoms with Gasteiger partial charge in [0.25, 0.3) is 15.9 Å². The molecular weight excluding hydrogens is 355 g/mol. The molecule has 1 amide bonds. The molecule has 2 N–H and O–H groups in total. The van der Waals surface area contributed by atoms with Crippen LogP contribution in [-0.4, -0.2) is 14.3 Å². The first kappa shape index (κ1) is 16.3. The maximum atomic E-state index is 12.0. The molecule has 0 unspecified atom stereocenters. The van der Waals surface area contributed by atoms with Crippen LogP contribution in [0.4, 0.5) is 0 Å². The Labute approximate surface area is 135 Å². The van der Waals surface area contributed by atoms with Crippen molar-refractivity contribution in [1.82, 2.24) is 10.3 Å². The zero-order chi connectivity index (χ0) is 15.6. The molecule has 0 radical (unpaired) electrons. The van der Waals surface area contributed by atoms with Crippen molar-refractivity contribution in [2.45, 2.75) is 11.8 Å². The molecule has 1 aromatic heterocycles. The molecule has 2 aromatic rings. The molecule has 0 fully saturated rings. The minimum atomic E-state index is -3.95. The third-order valence-electron chi connectivity index (χ3n) is 2.41. The first-order valence-electron chi connectivity index (χ1n) is 5.62. The van der Waals surface area contributed by atoms with E-state index in [-0.39, 0.29) is 14.9 Å². The zero-order valence-corrected chi connectivity index (χ0v) is 13.8. The van der Waals surface area contributed by atoms with Gasteiger partial charge in [0.15, 0.2) is 0 Å². The number of carbonyl (C=O) groups excluding carboxylic acids is 1. The highest BCUT2D eigenvalue weighted by Crippen LogP contribution is 2.22. The van der Waals surface area contributed by atoms with Gasteiger partial charge < -0.3 is 0 Å². The van der Waals surface area contributed by atoms with Crippen molar-refractivity contribution in [2.24, 2.45) is 0 Å². The van der Waals surface area contributed by atoms with Crippen LogP contribution in [-0.2, 0) is 10.0 Å². The maximum Gasteiger partial charge on any atom is 0.276 e. The minimum Gasteiger partial charge on any atom is -0.273 e. The maximum absolute atomic E-state index is 12.0. The Morgan fingerprint density at radius 1 is 1.14 bits per heavy atom. The predicted molar refractivity (Wildman–Crippen MR) is 83.3 cm³/mol. The average Bonchev–Trinajstić information content (AvgIpc) is 2.82. The van der Waals surface area contributed by atoms with Gasteiger partial charge in [-0.15, -0.1) is 16.2 Å². The highest BCUT2D eigenvalue weighted by molar-refractivity contribution is 7.89. The van der Waals surface area contributed by atoms with Gasteiger partial charge in [-0.1, -0.05) is 23.2 Å². The summed E-state index contributed by atoms with van der Waals surface area (Å²) < 4.78 is 24.1. The monoisotopic (exact) mass is 364 g/mol. The Balaban J connectivity index is 2.13. The summed E-state index contributed by atoms with van der Waals surface area (Å²) >= 11 is 12.8. The second-order valence-corrected chi connectivity index (χ2v) is 7.92. The van der Waals surface area contributed by atoms with Gasteiger partial charge in [-0.2, -0.15) is 0 Å². The van der Waals surface area contributed by atoms with E-state index in [4.69, 9.17) is 23.2 Å². The van der Waals surface area contributed by atoms with Crippen LogP contribution >= 0.6 is 34.5 Å². The number of hydrazine groups is 1. The Kier molecular flexibility index (Phi) is 4.90. The third kappa shape index (κ3) is 4.18. The van der Waals surface area contributed by atoms with E-state index in [9.17, 15) is 13.2 Å². The SMILES string of the molecule is Cc1ccc(C(=O)NNS(=O)(=O)c2cc(Cl)cc(Cl)c2)s1. The first-order valence-corrected chi connectivity index (χ1v) is 8.68.